The number of H-pyrrole nitrogens is 1. The Morgan fingerprint density at radius 2 is 1.61 bits per heavy atom. The SMILES string of the molecule is CCCn1c(-c2cccc(-c3ccncc3)c2)nc2cc3[nH]c(=O)c(Cc4ccccc4)nc3cc21. The molecule has 1 N–H and O–H groups in total. The first kappa shape index (κ1) is 21.9. The monoisotopic (exact) mass is 471 g/mol. The van der Waals surface area contributed by atoms with Crippen molar-refractivity contribution in [2.45, 2.75) is 26.3 Å². The molecule has 0 aliphatic rings. The summed E-state index contributed by atoms with van der Waals surface area (Å²) in [6.07, 6.45) is 5.07. The van der Waals surface area contributed by atoms with Crippen molar-refractivity contribution >= 4 is 22.1 Å². The number of pyridine rings is 1. The average molecular weight is 472 g/mol. The lowest BCUT2D eigenvalue weighted by Crippen LogP contribution is -2.15. The topological polar surface area (TPSA) is 76.5 Å². The van der Waals surface area contributed by atoms with Gasteiger partial charge in [-0.3, -0.25) is 9.78 Å². The van der Waals surface area contributed by atoms with Gasteiger partial charge in [-0.2, -0.15) is 0 Å². The van der Waals surface area contributed by atoms with Crippen molar-refractivity contribution in [3.8, 4) is 22.5 Å². The maximum Gasteiger partial charge on any atom is 0.270 e. The minimum Gasteiger partial charge on any atom is -0.324 e. The van der Waals surface area contributed by atoms with Crippen molar-refractivity contribution in [3.05, 3.63) is 113 Å². The fourth-order valence-corrected chi connectivity index (χ4v) is 4.70. The minimum atomic E-state index is -0.163. The van der Waals surface area contributed by atoms with Crippen molar-refractivity contribution in [2.24, 2.45) is 0 Å². The lowest BCUT2D eigenvalue weighted by atomic mass is 10.0. The third-order valence-corrected chi connectivity index (χ3v) is 6.43. The Labute approximate surface area is 208 Å². The average Bonchev–Trinajstić information content (AvgIpc) is 3.26. The number of aryl methyl sites for hydroxylation is 1. The van der Waals surface area contributed by atoms with E-state index in [0.29, 0.717) is 17.6 Å². The number of hydrogen-bond donors (Lipinski definition) is 1. The van der Waals surface area contributed by atoms with Gasteiger partial charge in [0.1, 0.15) is 11.5 Å². The summed E-state index contributed by atoms with van der Waals surface area (Å²) in [7, 11) is 0. The summed E-state index contributed by atoms with van der Waals surface area (Å²) in [6.45, 7) is 2.99. The molecule has 3 aromatic carbocycles. The van der Waals surface area contributed by atoms with Crippen LogP contribution in [-0.4, -0.2) is 24.5 Å². The second kappa shape index (κ2) is 9.23. The molecule has 0 spiro atoms. The van der Waals surface area contributed by atoms with Crippen molar-refractivity contribution < 1.29 is 0 Å². The van der Waals surface area contributed by atoms with Crippen LogP contribution in [0.4, 0.5) is 0 Å². The number of aromatic amines is 1. The molecule has 0 fully saturated rings. The molecule has 36 heavy (non-hydrogen) atoms. The number of rotatable bonds is 6. The summed E-state index contributed by atoms with van der Waals surface area (Å²) in [6, 6.07) is 26.4. The molecular formula is C30H25N5O. The van der Waals surface area contributed by atoms with E-state index in [2.05, 4.69) is 45.7 Å². The highest BCUT2D eigenvalue weighted by Gasteiger charge is 2.16. The number of aromatic nitrogens is 5. The van der Waals surface area contributed by atoms with Crippen LogP contribution in [-0.2, 0) is 13.0 Å². The van der Waals surface area contributed by atoms with Gasteiger partial charge in [-0.15, -0.1) is 0 Å². The third-order valence-electron chi connectivity index (χ3n) is 6.43. The van der Waals surface area contributed by atoms with Gasteiger partial charge >= 0.3 is 0 Å². The first-order valence-electron chi connectivity index (χ1n) is 12.2. The van der Waals surface area contributed by atoms with E-state index in [1.165, 1.54) is 0 Å². The molecule has 6 aromatic rings. The maximum absolute atomic E-state index is 12.8. The molecule has 0 aliphatic carbocycles. The number of benzene rings is 3. The Morgan fingerprint density at radius 1 is 0.806 bits per heavy atom. The van der Waals surface area contributed by atoms with Crippen LogP contribution in [0.2, 0.25) is 0 Å². The highest BCUT2D eigenvalue weighted by atomic mass is 16.1. The van der Waals surface area contributed by atoms with Crippen LogP contribution in [0, 0.1) is 0 Å². The van der Waals surface area contributed by atoms with Crippen LogP contribution >= 0.6 is 0 Å². The van der Waals surface area contributed by atoms with Crippen LogP contribution in [0.15, 0.2) is 96.1 Å². The summed E-state index contributed by atoms with van der Waals surface area (Å²) < 4.78 is 2.25. The first-order chi connectivity index (χ1) is 17.7. The van der Waals surface area contributed by atoms with Gasteiger partial charge in [0.15, 0.2) is 0 Å². The standard InChI is InChI=1S/C30H25N5O/c1-2-15-35-28-19-25-24(34-30(36)27(32-25)16-20-7-4-3-5-8-20)18-26(28)33-29(35)23-10-6-9-22(17-23)21-11-13-31-14-12-21/h3-14,17-19H,2,15-16H2,1H3,(H,34,36). The zero-order chi connectivity index (χ0) is 24.5. The zero-order valence-corrected chi connectivity index (χ0v) is 20.0. The molecule has 0 saturated carbocycles. The second-order valence-corrected chi connectivity index (χ2v) is 8.94. The third kappa shape index (κ3) is 4.07. The zero-order valence-electron chi connectivity index (χ0n) is 20.0. The Kier molecular flexibility index (Phi) is 5.62. The van der Waals surface area contributed by atoms with E-state index in [4.69, 9.17) is 9.97 Å². The quantitative estimate of drug-likeness (QED) is 0.323. The van der Waals surface area contributed by atoms with Crippen LogP contribution in [0.3, 0.4) is 0 Å². The van der Waals surface area contributed by atoms with Crippen LogP contribution in [0.25, 0.3) is 44.6 Å². The Bertz CT molecular complexity index is 1740. The van der Waals surface area contributed by atoms with E-state index in [-0.39, 0.29) is 5.56 Å². The first-order valence-corrected chi connectivity index (χ1v) is 12.2. The Balaban J connectivity index is 1.49. The molecule has 3 heterocycles. The van der Waals surface area contributed by atoms with Gasteiger partial charge in [0.25, 0.3) is 5.56 Å². The van der Waals surface area contributed by atoms with E-state index in [1.807, 2.05) is 54.6 Å². The van der Waals surface area contributed by atoms with E-state index in [0.717, 1.165) is 57.6 Å². The molecular weight excluding hydrogens is 446 g/mol. The molecule has 0 amide bonds. The van der Waals surface area contributed by atoms with E-state index >= 15 is 0 Å². The van der Waals surface area contributed by atoms with Gasteiger partial charge in [0.05, 0.1) is 22.1 Å². The van der Waals surface area contributed by atoms with Gasteiger partial charge in [-0.05, 0) is 53.4 Å². The number of hydrogen-bond acceptors (Lipinski definition) is 4. The number of nitrogens with one attached hydrogen (secondary N) is 1. The molecule has 176 valence electrons. The predicted molar refractivity (Wildman–Crippen MR) is 144 cm³/mol. The van der Waals surface area contributed by atoms with E-state index in [1.54, 1.807) is 12.4 Å². The highest BCUT2D eigenvalue weighted by molar-refractivity contribution is 5.93. The molecule has 6 rings (SSSR count). The normalized spacial score (nSPS) is 11.4. The molecule has 0 atom stereocenters. The number of nitrogens with zero attached hydrogens (tertiary/aromatic N) is 4. The fourth-order valence-electron chi connectivity index (χ4n) is 4.70. The lowest BCUT2D eigenvalue weighted by Gasteiger charge is -2.10. The predicted octanol–water partition coefficient (Wildman–Crippen LogP) is 6.00. The molecule has 0 saturated heterocycles. The van der Waals surface area contributed by atoms with Crippen molar-refractivity contribution in [1.82, 2.24) is 24.5 Å². The molecule has 0 unspecified atom stereocenters. The van der Waals surface area contributed by atoms with Crippen LogP contribution in [0.1, 0.15) is 24.6 Å². The van der Waals surface area contributed by atoms with Crippen molar-refractivity contribution in [3.63, 3.8) is 0 Å². The number of fused-ring (bicyclic) bond motifs is 2. The summed E-state index contributed by atoms with van der Waals surface area (Å²) in [5.74, 6) is 0.907. The van der Waals surface area contributed by atoms with Crippen molar-refractivity contribution in [1.29, 1.82) is 0 Å². The fraction of sp³-hybridized carbons (Fsp3) is 0.133. The Hall–Kier alpha value is -4.58. The van der Waals surface area contributed by atoms with Crippen molar-refractivity contribution in [2.75, 3.05) is 0 Å². The summed E-state index contributed by atoms with van der Waals surface area (Å²) in [5, 5.41) is 0. The molecule has 0 bridgehead atoms. The van der Waals surface area contributed by atoms with Gasteiger partial charge < -0.3 is 9.55 Å². The van der Waals surface area contributed by atoms with Crippen LogP contribution < -0.4 is 5.56 Å². The molecule has 3 aromatic heterocycles. The van der Waals surface area contributed by atoms with E-state index < -0.39 is 0 Å². The highest BCUT2D eigenvalue weighted by Crippen LogP contribution is 2.30. The Morgan fingerprint density at radius 3 is 2.42 bits per heavy atom. The largest absolute Gasteiger partial charge is 0.324 e. The summed E-state index contributed by atoms with van der Waals surface area (Å²) >= 11 is 0. The molecule has 6 nitrogen and oxygen atoms in total. The molecule has 0 radical (unpaired) electrons. The van der Waals surface area contributed by atoms with Gasteiger partial charge in [-0.25, -0.2) is 9.97 Å². The summed E-state index contributed by atoms with van der Waals surface area (Å²) in [5.41, 5.74) is 8.00. The second-order valence-electron chi connectivity index (χ2n) is 8.94. The van der Waals surface area contributed by atoms with Gasteiger partial charge in [0.2, 0.25) is 0 Å². The minimum absolute atomic E-state index is 0.163. The maximum atomic E-state index is 12.8. The molecule has 0 aliphatic heterocycles. The smallest absolute Gasteiger partial charge is 0.270 e. The van der Waals surface area contributed by atoms with Crippen LogP contribution in [0.5, 0.6) is 0 Å². The lowest BCUT2D eigenvalue weighted by molar-refractivity contribution is 0.704. The number of imidazole rings is 1. The van der Waals surface area contributed by atoms with Gasteiger partial charge in [-0.1, -0.05) is 55.5 Å². The van der Waals surface area contributed by atoms with Gasteiger partial charge in [0, 0.05) is 30.9 Å². The van der Waals surface area contributed by atoms with E-state index in [9.17, 15) is 4.79 Å². The summed E-state index contributed by atoms with van der Waals surface area (Å²) in [4.78, 5) is 29.7. The molecule has 6 heteroatoms.